The Balaban J connectivity index is 1.99. The maximum absolute atomic E-state index is 14.2. The van der Waals surface area contributed by atoms with Gasteiger partial charge < -0.3 is 15.2 Å². The van der Waals surface area contributed by atoms with Crippen molar-refractivity contribution >= 4 is 29.2 Å². The summed E-state index contributed by atoms with van der Waals surface area (Å²) in [6.07, 6.45) is 8.17. The number of cyclic esters (lactones) is 1. The lowest BCUT2D eigenvalue weighted by atomic mass is 9.71. The molecule has 39 heavy (non-hydrogen) atoms. The summed E-state index contributed by atoms with van der Waals surface area (Å²) in [5, 5.41) is 13.4. The molecule has 1 amide bonds. The summed E-state index contributed by atoms with van der Waals surface area (Å²) in [5.41, 5.74) is -2.70. The Labute approximate surface area is 228 Å². The zero-order valence-electron chi connectivity index (χ0n) is 23.1. The Morgan fingerprint density at radius 1 is 1.13 bits per heavy atom. The Hall–Kier alpha value is -3.81. The van der Waals surface area contributed by atoms with Gasteiger partial charge in [-0.05, 0) is 56.6 Å². The fraction of sp³-hybridized carbons (Fsp3) is 0.452. The van der Waals surface area contributed by atoms with Gasteiger partial charge in [-0.1, -0.05) is 39.0 Å². The van der Waals surface area contributed by atoms with E-state index in [1.165, 1.54) is 26.0 Å². The number of ether oxygens (including phenoxy) is 1. The molecule has 1 aromatic rings. The first-order chi connectivity index (χ1) is 18.4. The van der Waals surface area contributed by atoms with Crippen LogP contribution >= 0.6 is 0 Å². The zero-order valence-corrected chi connectivity index (χ0v) is 23.1. The topological polar surface area (TPSA) is 127 Å². The Bertz CT molecular complexity index is 1360. The quantitative estimate of drug-likeness (QED) is 0.416. The Morgan fingerprint density at radius 3 is 2.51 bits per heavy atom. The number of carbonyl (C=O) groups excluding carboxylic acids is 5. The third-order valence-corrected chi connectivity index (χ3v) is 7.79. The lowest BCUT2D eigenvalue weighted by molar-refractivity contribution is -0.156. The number of aromatic hydroxyl groups is 1. The largest absolute Gasteiger partial charge is 0.507 e. The summed E-state index contributed by atoms with van der Waals surface area (Å²) in [6, 6.07) is 1.34. The molecule has 2 aliphatic heterocycles. The number of allylic oxidation sites excluding steroid dienone is 2. The molecule has 2 N–H and O–H groups in total. The third-order valence-electron chi connectivity index (χ3n) is 7.79. The van der Waals surface area contributed by atoms with Crippen LogP contribution in [0.2, 0.25) is 0 Å². The first kappa shape index (κ1) is 28.2. The molecule has 2 heterocycles. The van der Waals surface area contributed by atoms with Gasteiger partial charge in [0.1, 0.15) is 17.3 Å². The molecule has 0 fully saturated rings. The van der Waals surface area contributed by atoms with E-state index >= 15 is 0 Å². The van der Waals surface area contributed by atoms with E-state index in [1.807, 2.05) is 32.9 Å². The number of Topliss-reactive ketones (excluding diaryl/α,β-unsaturated/α-hetero) is 3. The maximum Gasteiger partial charge on any atom is 0.320 e. The molecule has 0 radical (unpaired) electrons. The highest BCUT2D eigenvalue weighted by molar-refractivity contribution is 6.32. The van der Waals surface area contributed by atoms with E-state index in [2.05, 4.69) is 5.32 Å². The van der Waals surface area contributed by atoms with Crippen molar-refractivity contribution in [3.05, 3.63) is 63.9 Å². The number of benzene rings is 1. The van der Waals surface area contributed by atoms with Crippen LogP contribution in [-0.4, -0.2) is 40.4 Å². The monoisotopic (exact) mass is 533 g/mol. The van der Waals surface area contributed by atoms with Crippen LogP contribution in [0.1, 0.15) is 96.4 Å². The van der Waals surface area contributed by atoms with Crippen LogP contribution in [0.5, 0.6) is 5.75 Å². The molecule has 0 aromatic heterocycles. The molecular weight excluding hydrogens is 498 g/mol. The van der Waals surface area contributed by atoms with Crippen LogP contribution in [0.3, 0.4) is 0 Å². The van der Waals surface area contributed by atoms with Gasteiger partial charge in [-0.2, -0.15) is 0 Å². The van der Waals surface area contributed by atoms with Gasteiger partial charge in [0, 0.05) is 35.6 Å². The van der Waals surface area contributed by atoms with E-state index in [1.54, 1.807) is 0 Å². The molecule has 0 unspecified atom stereocenters. The Morgan fingerprint density at radius 2 is 1.85 bits per heavy atom. The second-order valence-corrected chi connectivity index (χ2v) is 11.2. The van der Waals surface area contributed by atoms with Crippen molar-refractivity contribution in [1.29, 1.82) is 0 Å². The SMILES string of the molecule is CC[C@H]1/C=C/C[C@H](CC(C)C)OC(=O)[C@]2(C)C=CC(=O)NC3=C2C(=O)c2c(cc(C)c(O)c2C(=O)CC1)C3=O. The molecule has 4 rings (SSSR count). The molecule has 3 aliphatic rings. The van der Waals surface area contributed by atoms with E-state index in [4.69, 9.17) is 4.74 Å². The predicted molar refractivity (Wildman–Crippen MR) is 144 cm³/mol. The third kappa shape index (κ3) is 5.12. The average molecular weight is 534 g/mol. The molecule has 1 aromatic carbocycles. The molecule has 3 atom stereocenters. The van der Waals surface area contributed by atoms with Crippen molar-refractivity contribution in [2.45, 2.75) is 72.8 Å². The highest BCUT2D eigenvalue weighted by atomic mass is 16.5. The minimum atomic E-state index is -1.80. The standard InChI is InChI=1S/C31H35NO7/c1-6-18-8-7-9-19(14-16(2)3)39-30(38)31(5)13-12-22(34)32-26-25(31)29(37)23-20(28(26)36)15-17(4)27(35)24(23)21(33)11-10-18/h7-8,12-13,15-16,18-19,35H,6,9-11,14H2,1-5H3,(H,32,34)/b8-7+/t18-,19+,31+/m0/s1. The smallest absolute Gasteiger partial charge is 0.320 e. The normalized spacial score (nSPS) is 26.6. The number of carbonyl (C=O) groups is 5. The zero-order chi connectivity index (χ0) is 28.6. The lowest BCUT2D eigenvalue weighted by Gasteiger charge is -2.32. The number of nitrogens with one attached hydrogen (secondary N) is 1. The average Bonchev–Trinajstić information content (AvgIpc) is 3.01. The highest BCUT2D eigenvalue weighted by Crippen LogP contribution is 2.44. The molecule has 8 heteroatoms. The van der Waals surface area contributed by atoms with Crippen LogP contribution in [0.4, 0.5) is 0 Å². The molecule has 2 bridgehead atoms. The number of amides is 1. The fourth-order valence-corrected chi connectivity index (χ4v) is 5.55. The van der Waals surface area contributed by atoms with Crippen LogP contribution in [-0.2, 0) is 14.3 Å². The van der Waals surface area contributed by atoms with Crippen molar-refractivity contribution in [3.8, 4) is 5.75 Å². The van der Waals surface area contributed by atoms with Gasteiger partial charge in [-0.3, -0.25) is 24.0 Å². The van der Waals surface area contributed by atoms with E-state index in [0.717, 1.165) is 12.5 Å². The van der Waals surface area contributed by atoms with Gasteiger partial charge in [-0.15, -0.1) is 0 Å². The van der Waals surface area contributed by atoms with E-state index in [0.29, 0.717) is 19.3 Å². The summed E-state index contributed by atoms with van der Waals surface area (Å²) in [6.45, 7) is 9.01. The maximum atomic E-state index is 14.2. The molecular formula is C31H35NO7. The molecule has 0 saturated carbocycles. The summed E-state index contributed by atoms with van der Waals surface area (Å²) >= 11 is 0. The number of hydrogen-bond donors (Lipinski definition) is 2. The molecule has 0 saturated heterocycles. The van der Waals surface area contributed by atoms with Crippen LogP contribution < -0.4 is 5.32 Å². The van der Waals surface area contributed by atoms with Crippen molar-refractivity contribution in [1.82, 2.24) is 5.32 Å². The number of aryl methyl sites for hydroxylation is 1. The van der Waals surface area contributed by atoms with Crippen molar-refractivity contribution < 1.29 is 33.8 Å². The van der Waals surface area contributed by atoms with Gasteiger partial charge in [0.15, 0.2) is 11.6 Å². The number of phenolic OH excluding ortho intramolecular Hbond substituents is 1. The second-order valence-electron chi connectivity index (χ2n) is 11.2. The predicted octanol–water partition coefficient (Wildman–Crippen LogP) is 4.93. The Kier molecular flexibility index (Phi) is 7.77. The summed E-state index contributed by atoms with van der Waals surface area (Å²) in [4.78, 5) is 68.0. The minimum Gasteiger partial charge on any atom is -0.507 e. The molecule has 1 aliphatic carbocycles. The summed E-state index contributed by atoms with van der Waals surface area (Å²) < 4.78 is 5.98. The lowest BCUT2D eigenvalue weighted by Crippen LogP contribution is -2.42. The van der Waals surface area contributed by atoms with E-state index < -0.39 is 40.7 Å². The fourth-order valence-electron chi connectivity index (χ4n) is 5.55. The van der Waals surface area contributed by atoms with Gasteiger partial charge >= 0.3 is 5.97 Å². The van der Waals surface area contributed by atoms with Crippen LogP contribution in [0.25, 0.3) is 0 Å². The number of hydrogen-bond acceptors (Lipinski definition) is 7. The summed E-state index contributed by atoms with van der Waals surface area (Å²) in [7, 11) is 0. The van der Waals surface area contributed by atoms with Crippen LogP contribution in [0.15, 0.2) is 41.6 Å². The van der Waals surface area contributed by atoms with Gasteiger partial charge in [0.05, 0.1) is 11.3 Å². The number of esters is 1. The van der Waals surface area contributed by atoms with Crippen LogP contribution in [0, 0.1) is 24.2 Å². The van der Waals surface area contributed by atoms with Crippen molar-refractivity contribution in [2.24, 2.45) is 17.3 Å². The number of rotatable bonds is 3. The van der Waals surface area contributed by atoms with Gasteiger partial charge in [0.25, 0.3) is 0 Å². The van der Waals surface area contributed by atoms with Gasteiger partial charge in [0.2, 0.25) is 11.7 Å². The minimum absolute atomic E-state index is 0.0540. The number of ketones is 3. The van der Waals surface area contributed by atoms with Crippen molar-refractivity contribution in [2.75, 3.05) is 0 Å². The molecule has 206 valence electrons. The summed E-state index contributed by atoms with van der Waals surface area (Å²) in [5.74, 6) is -3.48. The van der Waals surface area contributed by atoms with Crippen molar-refractivity contribution in [3.63, 3.8) is 0 Å². The van der Waals surface area contributed by atoms with E-state index in [-0.39, 0.29) is 57.5 Å². The first-order valence-electron chi connectivity index (χ1n) is 13.5. The number of phenols is 1. The molecule has 0 spiro atoms. The van der Waals surface area contributed by atoms with Gasteiger partial charge in [-0.25, -0.2) is 0 Å². The molecule has 8 nitrogen and oxygen atoms in total. The first-order valence-corrected chi connectivity index (χ1v) is 13.5. The van der Waals surface area contributed by atoms with E-state index in [9.17, 15) is 29.1 Å². The second kappa shape index (κ2) is 10.8. The highest BCUT2D eigenvalue weighted by Gasteiger charge is 2.50.